The smallest absolute Gasteiger partial charge is 0.127 e. The molecule has 1 aromatic rings. The largest absolute Gasteiger partial charge is 0.497 e. The molecule has 1 saturated carbocycles. The third-order valence-electron chi connectivity index (χ3n) is 4.45. The van der Waals surface area contributed by atoms with Gasteiger partial charge in [0.2, 0.25) is 0 Å². The second-order valence-corrected chi connectivity index (χ2v) is 5.53. The summed E-state index contributed by atoms with van der Waals surface area (Å²) in [5.74, 6) is 1.65. The number of ether oxygens (including phenoxy) is 3. The van der Waals surface area contributed by atoms with Crippen LogP contribution in [0, 0.1) is 0 Å². The number of rotatable bonds is 7. The Bertz CT molecular complexity index is 455. The first kappa shape index (κ1) is 16.1. The van der Waals surface area contributed by atoms with Crippen molar-refractivity contribution >= 4 is 0 Å². The van der Waals surface area contributed by atoms with Crippen LogP contribution >= 0.6 is 0 Å². The van der Waals surface area contributed by atoms with E-state index >= 15 is 0 Å². The van der Waals surface area contributed by atoms with Crippen molar-refractivity contribution in [1.82, 2.24) is 5.32 Å². The summed E-state index contributed by atoms with van der Waals surface area (Å²) in [7, 11) is 5.36. The normalized spacial score (nSPS) is 18.5. The van der Waals surface area contributed by atoms with Gasteiger partial charge < -0.3 is 19.5 Å². The van der Waals surface area contributed by atoms with Crippen LogP contribution in [0.15, 0.2) is 18.2 Å². The van der Waals surface area contributed by atoms with Gasteiger partial charge in [0.25, 0.3) is 0 Å². The van der Waals surface area contributed by atoms with Gasteiger partial charge in [0.15, 0.2) is 0 Å². The molecule has 1 atom stereocenters. The van der Waals surface area contributed by atoms with Crippen LogP contribution in [0.2, 0.25) is 0 Å². The van der Waals surface area contributed by atoms with E-state index in [-0.39, 0.29) is 11.6 Å². The van der Waals surface area contributed by atoms with Crippen molar-refractivity contribution in [1.29, 1.82) is 0 Å². The second-order valence-electron chi connectivity index (χ2n) is 5.53. The molecule has 0 aromatic heterocycles. The van der Waals surface area contributed by atoms with E-state index in [1.807, 2.05) is 19.2 Å². The van der Waals surface area contributed by atoms with Crippen LogP contribution in [0.4, 0.5) is 0 Å². The van der Waals surface area contributed by atoms with E-state index in [0.29, 0.717) is 0 Å². The summed E-state index contributed by atoms with van der Waals surface area (Å²) in [4.78, 5) is 0. The van der Waals surface area contributed by atoms with Crippen molar-refractivity contribution in [2.75, 3.05) is 27.9 Å². The summed E-state index contributed by atoms with van der Waals surface area (Å²) in [5.41, 5.74) is 1.00. The van der Waals surface area contributed by atoms with E-state index in [2.05, 4.69) is 18.3 Å². The van der Waals surface area contributed by atoms with Gasteiger partial charge in [-0.3, -0.25) is 0 Å². The Morgan fingerprint density at radius 1 is 1.19 bits per heavy atom. The van der Waals surface area contributed by atoms with Gasteiger partial charge in [-0.2, -0.15) is 0 Å². The minimum atomic E-state index is -0.134. The number of likely N-dealkylation sites (N-methyl/N-ethyl adjacent to an activating group) is 1. The Labute approximate surface area is 127 Å². The van der Waals surface area contributed by atoms with E-state index < -0.39 is 0 Å². The van der Waals surface area contributed by atoms with Crippen LogP contribution < -0.4 is 14.8 Å². The lowest BCUT2D eigenvalue weighted by Crippen LogP contribution is -2.43. The molecule has 0 saturated heterocycles. The van der Waals surface area contributed by atoms with E-state index in [1.165, 1.54) is 12.8 Å². The SMILES string of the molecule is CCOC1(C(NC)c2ccc(OC)cc2OC)CCCC1. The van der Waals surface area contributed by atoms with Gasteiger partial charge in [-0.05, 0) is 38.9 Å². The molecule has 1 unspecified atom stereocenters. The molecule has 0 heterocycles. The molecule has 0 spiro atoms. The van der Waals surface area contributed by atoms with Crippen molar-refractivity contribution in [3.8, 4) is 11.5 Å². The molecule has 0 aliphatic heterocycles. The van der Waals surface area contributed by atoms with E-state index in [1.54, 1.807) is 14.2 Å². The zero-order valence-electron chi connectivity index (χ0n) is 13.6. The molecule has 21 heavy (non-hydrogen) atoms. The van der Waals surface area contributed by atoms with Crippen LogP contribution in [-0.2, 0) is 4.74 Å². The Kier molecular flexibility index (Phi) is 5.48. The average Bonchev–Trinajstić information content (AvgIpc) is 2.98. The molecule has 0 bridgehead atoms. The van der Waals surface area contributed by atoms with Crippen molar-refractivity contribution in [2.24, 2.45) is 0 Å². The molecule has 1 aliphatic rings. The summed E-state index contributed by atoms with van der Waals surface area (Å²) in [6, 6.07) is 6.13. The summed E-state index contributed by atoms with van der Waals surface area (Å²) in [6.45, 7) is 2.80. The number of benzene rings is 1. The summed E-state index contributed by atoms with van der Waals surface area (Å²) in [5, 5.41) is 3.45. The topological polar surface area (TPSA) is 39.7 Å². The molecular formula is C17H27NO3. The molecule has 0 amide bonds. The number of nitrogens with one attached hydrogen (secondary N) is 1. The molecule has 1 aliphatic carbocycles. The summed E-state index contributed by atoms with van der Waals surface area (Å²) in [6.07, 6.45) is 4.61. The van der Waals surface area contributed by atoms with E-state index in [0.717, 1.165) is 36.5 Å². The maximum absolute atomic E-state index is 6.20. The molecular weight excluding hydrogens is 266 g/mol. The van der Waals surface area contributed by atoms with Crippen molar-refractivity contribution in [2.45, 2.75) is 44.2 Å². The third kappa shape index (κ3) is 3.16. The molecule has 118 valence electrons. The quantitative estimate of drug-likeness (QED) is 0.837. The standard InChI is InChI=1S/C17H27NO3/c1-5-21-17(10-6-7-11-17)16(18-2)14-9-8-13(19-3)12-15(14)20-4/h8-9,12,16,18H,5-7,10-11H2,1-4H3. The van der Waals surface area contributed by atoms with Crippen molar-refractivity contribution in [3.63, 3.8) is 0 Å². The lowest BCUT2D eigenvalue weighted by Gasteiger charge is -2.38. The van der Waals surface area contributed by atoms with Crippen molar-refractivity contribution in [3.05, 3.63) is 23.8 Å². The Balaban J connectivity index is 2.40. The number of hydrogen-bond acceptors (Lipinski definition) is 4. The highest BCUT2D eigenvalue weighted by Crippen LogP contribution is 2.45. The maximum Gasteiger partial charge on any atom is 0.127 e. The molecule has 0 radical (unpaired) electrons. The second kappa shape index (κ2) is 7.14. The summed E-state index contributed by atoms with van der Waals surface area (Å²) < 4.78 is 17.1. The minimum Gasteiger partial charge on any atom is -0.497 e. The molecule has 2 rings (SSSR count). The van der Waals surface area contributed by atoms with E-state index in [4.69, 9.17) is 14.2 Å². The zero-order chi connectivity index (χ0) is 15.3. The Morgan fingerprint density at radius 3 is 2.43 bits per heavy atom. The predicted octanol–water partition coefficient (Wildman–Crippen LogP) is 3.31. The highest BCUT2D eigenvalue weighted by Gasteiger charge is 2.43. The monoisotopic (exact) mass is 293 g/mol. The lowest BCUT2D eigenvalue weighted by atomic mass is 9.86. The van der Waals surface area contributed by atoms with Crippen LogP contribution in [-0.4, -0.2) is 33.5 Å². The van der Waals surface area contributed by atoms with Gasteiger partial charge in [0.1, 0.15) is 11.5 Å². The van der Waals surface area contributed by atoms with Crippen LogP contribution in [0.3, 0.4) is 0 Å². The molecule has 1 aromatic carbocycles. The number of hydrogen-bond donors (Lipinski definition) is 1. The Hall–Kier alpha value is -1.26. The zero-order valence-corrected chi connectivity index (χ0v) is 13.6. The molecule has 4 heteroatoms. The van der Waals surface area contributed by atoms with Gasteiger partial charge >= 0.3 is 0 Å². The fraction of sp³-hybridized carbons (Fsp3) is 0.647. The van der Waals surface area contributed by atoms with E-state index in [9.17, 15) is 0 Å². The first-order valence-corrected chi connectivity index (χ1v) is 7.74. The predicted molar refractivity (Wildman–Crippen MR) is 84.2 cm³/mol. The first-order chi connectivity index (χ1) is 10.2. The summed E-state index contributed by atoms with van der Waals surface area (Å²) >= 11 is 0. The van der Waals surface area contributed by atoms with Gasteiger partial charge in [0, 0.05) is 18.2 Å². The van der Waals surface area contributed by atoms with Crippen LogP contribution in [0.5, 0.6) is 11.5 Å². The fourth-order valence-corrected chi connectivity index (χ4v) is 3.54. The number of methoxy groups -OCH3 is 2. The highest BCUT2D eigenvalue weighted by molar-refractivity contribution is 5.43. The molecule has 1 N–H and O–H groups in total. The molecule has 1 fully saturated rings. The maximum atomic E-state index is 6.20. The van der Waals surface area contributed by atoms with Gasteiger partial charge in [0.05, 0.1) is 25.9 Å². The Morgan fingerprint density at radius 2 is 1.90 bits per heavy atom. The van der Waals surface area contributed by atoms with Crippen molar-refractivity contribution < 1.29 is 14.2 Å². The molecule has 4 nitrogen and oxygen atoms in total. The third-order valence-corrected chi connectivity index (χ3v) is 4.45. The first-order valence-electron chi connectivity index (χ1n) is 7.74. The van der Waals surface area contributed by atoms with Crippen LogP contribution in [0.1, 0.15) is 44.2 Å². The highest BCUT2D eigenvalue weighted by atomic mass is 16.5. The minimum absolute atomic E-state index is 0.126. The van der Waals surface area contributed by atoms with Gasteiger partial charge in [-0.15, -0.1) is 0 Å². The lowest BCUT2D eigenvalue weighted by molar-refractivity contribution is -0.0614. The van der Waals surface area contributed by atoms with Crippen LogP contribution in [0.25, 0.3) is 0 Å². The van der Waals surface area contributed by atoms with Gasteiger partial charge in [-0.1, -0.05) is 12.8 Å². The average molecular weight is 293 g/mol. The fourth-order valence-electron chi connectivity index (χ4n) is 3.54. The van der Waals surface area contributed by atoms with Gasteiger partial charge in [-0.25, -0.2) is 0 Å².